The van der Waals surface area contributed by atoms with Crippen molar-refractivity contribution in [2.24, 2.45) is 0 Å². The van der Waals surface area contributed by atoms with Gasteiger partial charge in [0.1, 0.15) is 17.3 Å². The van der Waals surface area contributed by atoms with Gasteiger partial charge in [-0.15, -0.1) is 0 Å². The Morgan fingerprint density at radius 3 is 2.33 bits per heavy atom. The molecule has 0 heterocycles. The van der Waals surface area contributed by atoms with E-state index < -0.39 is 5.82 Å². The summed E-state index contributed by atoms with van der Waals surface area (Å²) >= 11 is 11.9. The fraction of sp³-hybridized carbons (Fsp3) is 0.250. The molecule has 0 aliphatic carbocycles. The third-order valence-corrected chi connectivity index (χ3v) is 3.54. The molecule has 112 valence electrons. The van der Waals surface area contributed by atoms with Crippen molar-refractivity contribution < 1.29 is 9.13 Å². The first-order valence-electron chi connectivity index (χ1n) is 6.72. The van der Waals surface area contributed by atoms with Gasteiger partial charge in [0.15, 0.2) is 0 Å². The molecule has 5 heteroatoms. The molecule has 0 unspecified atom stereocenters. The van der Waals surface area contributed by atoms with Crippen LogP contribution in [0.4, 0.5) is 4.39 Å². The molecule has 0 aliphatic heterocycles. The molecule has 0 bridgehead atoms. The van der Waals surface area contributed by atoms with E-state index in [0.29, 0.717) is 16.5 Å². The lowest BCUT2D eigenvalue weighted by Gasteiger charge is -2.10. The van der Waals surface area contributed by atoms with Gasteiger partial charge in [0.05, 0.1) is 5.02 Å². The van der Waals surface area contributed by atoms with Crippen molar-refractivity contribution in [1.82, 2.24) is 5.32 Å². The smallest absolute Gasteiger partial charge is 0.142 e. The standard InChI is InChI=1S/C16H16Cl2FNO/c1-2-7-20-10-11-3-4-12(8-14(11)17)21-13-5-6-16(19)15(18)9-13/h3-6,8-9,20H,2,7,10H2,1H3. The molecule has 0 aliphatic rings. The molecular weight excluding hydrogens is 312 g/mol. The molecule has 2 aromatic rings. The lowest BCUT2D eigenvalue weighted by Crippen LogP contribution is -2.13. The quantitative estimate of drug-likeness (QED) is 0.715. The van der Waals surface area contributed by atoms with Crippen LogP contribution in [0.25, 0.3) is 0 Å². The predicted octanol–water partition coefficient (Wildman–Crippen LogP) is 5.42. The first-order valence-corrected chi connectivity index (χ1v) is 7.47. The van der Waals surface area contributed by atoms with Crippen molar-refractivity contribution in [3.05, 3.63) is 57.8 Å². The summed E-state index contributed by atoms with van der Waals surface area (Å²) < 4.78 is 18.7. The van der Waals surface area contributed by atoms with Crippen LogP contribution in [0, 0.1) is 5.82 Å². The average molecular weight is 328 g/mol. The van der Waals surface area contributed by atoms with Crippen molar-refractivity contribution in [3.63, 3.8) is 0 Å². The van der Waals surface area contributed by atoms with Crippen molar-refractivity contribution in [2.45, 2.75) is 19.9 Å². The third kappa shape index (κ3) is 4.60. The Balaban J connectivity index is 2.07. The Bertz CT molecular complexity index is 619. The van der Waals surface area contributed by atoms with E-state index in [0.717, 1.165) is 25.1 Å². The number of hydrogen-bond acceptors (Lipinski definition) is 2. The van der Waals surface area contributed by atoms with Crippen LogP contribution >= 0.6 is 23.2 Å². The number of hydrogen-bond donors (Lipinski definition) is 1. The number of nitrogens with one attached hydrogen (secondary N) is 1. The summed E-state index contributed by atoms with van der Waals surface area (Å²) in [5.74, 6) is 0.579. The lowest BCUT2D eigenvalue weighted by atomic mass is 10.2. The maximum atomic E-state index is 13.1. The normalized spacial score (nSPS) is 10.7. The Morgan fingerprint density at radius 2 is 1.71 bits per heavy atom. The predicted molar refractivity (Wildman–Crippen MR) is 84.9 cm³/mol. The van der Waals surface area contributed by atoms with Gasteiger partial charge >= 0.3 is 0 Å². The van der Waals surface area contributed by atoms with Crippen molar-refractivity contribution in [1.29, 1.82) is 0 Å². The van der Waals surface area contributed by atoms with E-state index in [1.54, 1.807) is 6.07 Å². The minimum absolute atomic E-state index is 0.0268. The number of halogens is 3. The minimum Gasteiger partial charge on any atom is -0.457 e. The van der Waals surface area contributed by atoms with Gasteiger partial charge in [-0.25, -0.2) is 4.39 Å². The highest BCUT2D eigenvalue weighted by Crippen LogP contribution is 2.29. The van der Waals surface area contributed by atoms with E-state index in [-0.39, 0.29) is 5.02 Å². The van der Waals surface area contributed by atoms with E-state index in [1.807, 2.05) is 12.1 Å². The minimum atomic E-state index is -0.473. The van der Waals surface area contributed by atoms with Gasteiger partial charge in [0, 0.05) is 17.6 Å². The first-order chi connectivity index (χ1) is 10.1. The maximum absolute atomic E-state index is 13.1. The molecule has 0 saturated carbocycles. The summed E-state index contributed by atoms with van der Waals surface area (Å²) in [6.07, 6.45) is 1.07. The molecule has 2 aromatic carbocycles. The second kappa shape index (κ2) is 7.64. The van der Waals surface area contributed by atoms with Gasteiger partial charge in [-0.05, 0) is 42.8 Å². The van der Waals surface area contributed by atoms with Crippen molar-refractivity contribution in [2.75, 3.05) is 6.54 Å². The van der Waals surface area contributed by atoms with Crippen molar-refractivity contribution >= 4 is 23.2 Å². The van der Waals surface area contributed by atoms with Crippen molar-refractivity contribution in [3.8, 4) is 11.5 Å². The zero-order valence-electron chi connectivity index (χ0n) is 11.6. The van der Waals surface area contributed by atoms with Crippen LogP contribution in [0.15, 0.2) is 36.4 Å². The maximum Gasteiger partial charge on any atom is 0.142 e. The molecule has 0 fully saturated rings. The molecule has 2 nitrogen and oxygen atoms in total. The highest BCUT2D eigenvalue weighted by atomic mass is 35.5. The molecular formula is C16H16Cl2FNO. The average Bonchev–Trinajstić information content (AvgIpc) is 2.45. The Labute approximate surface area is 133 Å². The first kappa shape index (κ1) is 16.1. The van der Waals surface area contributed by atoms with E-state index in [1.165, 1.54) is 18.2 Å². The SMILES string of the molecule is CCCNCc1ccc(Oc2ccc(F)c(Cl)c2)cc1Cl. The van der Waals surface area contributed by atoms with Gasteiger partial charge in [-0.1, -0.05) is 36.2 Å². The van der Waals surface area contributed by atoms with E-state index >= 15 is 0 Å². The van der Waals surface area contributed by atoms with Gasteiger partial charge < -0.3 is 10.1 Å². The summed E-state index contributed by atoms with van der Waals surface area (Å²) in [6, 6.07) is 9.69. The highest BCUT2D eigenvalue weighted by molar-refractivity contribution is 6.31. The van der Waals surface area contributed by atoms with Gasteiger partial charge in [0.25, 0.3) is 0 Å². The Morgan fingerprint density at radius 1 is 1.05 bits per heavy atom. The lowest BCUT2D eigenvalue weighted by molar-refractivity contribution is 0.480. The fourth-order valence-corrected chi connectivity index (χ4v) is 2.22. The second-order valence-electron chi connectivity index (χ2n) is 4.61. The molecule has 0 aromatic heterocycles. The Hall–Kier alpha value is -1.29. The topological polar surface area (TPSA) is 21.3 Å². The second-order valence-corrected chi connectivity index (χ2v) is 5.42. The summed E-state index contributed by atoms with van der Waals surface area (Å²) in [6.45, 7) is 3.78. The van der Waals surface area contributed by atoms with Crippen LogP contribution in [-0.4, -0.2) is 6.54 Å². The molecule has 0 atom stereocenters. The largest absolute Gasteiger partial charge is 0.457 e. The van der Waals surface area contributed by atoms with Crippen LogP contribution in [0.3, 0.4) is 0 Å². The molecule has 0 saturated heterocycles. The van der Waals surface area contributed by atoms with E-state index in [2.05, 4.69) is 12.2 Å². The van der Waals surface area contributed by atoms with E-state index in [9.17, 15) is 4.39 Å². The number of benzene rings is 2. The molecule has 2 rings (SSSR count). The van der Waals surface area contributed by atoms with Crippen LogP contribution in [0.5, 0.6) is 11.5 Å². The zero-order valence-corrected chi connectivity index (χ0v) is 13.1. The summed E-state index contributed by atoms with van der Waals surface area (Å²) in [7, 11) is 0. The zero-order chi connectivity index (χ0) is 15.2. The number of ether oxygens (including phenoxy) is 1. The fourth-order valence-electron chi connectivity index (χ4n) is 1.81. The highest BCUT2D eigenvalue weighted by Gasteiger charge is 2.06. The third-order valence-electron chi connectivity index (χ3n) is 2.89. The van der Waals surface area contributed by atoms with Gasteiger partial charge in [0.2, 0.25) is 0 Å². The molecule has 0 amide bonds. The van der Waals surface area contributed by atoms with E-state index in [4.69, 9.17) is 27.9 Å². The monoisotopic (exact) mass is 327 g/mol. The van der Waals surface area contributed by atoms with Crippen LogP contribution < -0.4 is 10.1 Å². The number of rotatable bonds is 6. The summed E-state index contributed by atoms with van der Waals surface area (Å²) in [5.41, 5.74) is 1.01. The van der Waals surface area contributed by atoms with Crippen LogP contribution in [0.2, 0.25) is 10.0 Å². The summed E-state index contributed by atoms with van der Waals surface area (Å²) in [5, 5.41) is 3.95. The molecule has 0 radical (unpaired) electrons. The Kier molecular flexibility index (Phi) is 5.85. The van der Waals surface area contributed by atoms with Crippen LogP contribution in [0.1, 0.15) is 18.9 Å². The molecule has 0 spiro atoms. The summed E-state index contributed by atoms with van der Waals surface area (Å²) in [4.78, 5) is 0. The van der Waals surface area contributed by atoms with Gasteiger partial charge in [-0.2, -0.15) is 0 Å². The molecule has 1 N–H and O–H groups in total. The molecule has 21 heavy (non-hydrogen) atoms. The van der Waals surface area contributed by atoms with Gasteiger partial charge in [-0.3, -0.25) is 0 Å². The van der Waals surface area contributed by atoms with Crippen LogP contribution in [-0.2, 0) is 6.54 Å².